The zero-order valence-electron chi connectivity index (χ0n) is 14.5. The maximum absolute atomic E-state index is 13.2. The van der Waals surface area contributed by atoms with Crippen molar-refractivity contribution in [3.8, 4) is 0 Å². The topological polar surface area (TPSA) is 102 Å². The quantitative estimate of drug-likeness (QED) is 0.917. The summed E-state index contributed by atoms with van der Waals surface area (Å²) in [4.78, 5) is 30.9. The van der Waals surface area contributed by atoms with Crippen LogP contribution in [0.1, 0.15) is 66.7 Å². The molecule has 0 aromatic carbocycles. The fourth-order valence-electron chi connectivity index (χ4n) is 3.49. The van der Waals surface area contributed by atoms with E-state index < -0.39 is 0 Å². The lowest BCUT2D eigenvalue weighted by Crippen LogP contribution is -2.32. The molecule has 3 heterocycles. The van der Waals surface area contributed by atoms with Gasteiger partial charge in [0.2, 0.25) is 5.91 Å². The van der Waals surface area contributed by atoms with E-state index in [9.17, 15) is 9.59 Å². The van der Waals surface area contributed by atoms with Crippen molar-refractivity contribution in [2.24, 2.45) is 11.7 Å². The van der Waals surface area contributed by atoms with Gasteiger partial charge in [0.25, 0.3) is 11.6 Å². The van der Waals surface area contributed by atoms with Crippen LogP contribution in [-0.4, -0.2) is 39.9 Å². The maximum Gasteiger partial charge on any atom is 0.259 e. The summed E-state index contributed by atoms with van der Waals surface area (Å²) >= 11 is 0. The van der Waals surface area contributed by atoms with Crippen LogP contribution >= 0.6 is 0 Å². The Morgan fingerprint density at radius 2 is 2.08 bits per heavy atom. The molecule has 0 spiro atoms. The van der Waals surface area contributed by atoms with Gasteiger partial charge in [-0.15, -0.1) is 0 Å². The first-order chi connectivity index (χ1) is 12.0. The highest BCUT2D eigenvalue weighted by molar-refractivity contribution is 6.06. The third-order valence-corrected chi connectivity index (χ3v) is 5.14. The molecule has 2 aliphatic rings. The number of amides is 2. The Bertz CT molecular complexity index is 853. The van der Waals surface area contributed by atoms with Gasteiger partial charge in [-0.25, -0.2) is 4.98 Å². The first kappa shape index (κ1) is 16.1. The number of carbonyl (C=O) groups is 2. The Hall–Kier alpha value is -2.44. The smallest absolute Gasteiger partial charge is 0.259 e. The van der Waals surface area contributed by atoms with Gasteiger partial charge < -0.3 is 15.2 Å². The average Bonchev–Trinajstić information content (AvgIpc) is 3.14. The molecule has 4 rings (SSSR count). The lowest BCUT2D eigenvalue weighted by Gasteiger charge is -2.17. The minimum atomic E-state index is -0.346. The van der Waals surface area contributed by atoms with E-state index >= 15 is 0 Å². The molecule has 25 heavy (non-hydrogen) atoms. The number of hydrogen-bond acceptors (Lipinski definition) is 5. The highest BCUT2D eigenvalue weighted by atomic mass is 16.5. The summed E-state index contributed by atoms with van der Waals surface area (Å²) in [5, 5.41) is 4.85. The molecule has 1 atom stereocenters. The van der Waals surface area contributed by atoms with Crippen LogP contribution in [-0.2, 0) is 4.79 Å². The summed E-state index contributed by atoms with van der Waals surface area (Å²) in [5.41, 5.74) is 8.06. The molecular formula is C18H22N4O3. The van der Waals surface area contributed by atoms with Crippen molar-refractivity contribution in [1.29, 1.82) is 0 Å². The molecule has 2 aromatic rings. The number of carbonyl (C=O) groups excluding carboxylic acids is 2. The second-order valence-corrected chi connectivity index (χ2v) is 7.41. The summed E-state index contributed by atoms with van der Waals surface area (Å²) in [6.07, 6.45) is 2.79. The lowest BCUT2D eigenvalue weighted by atomic mass is 10.0. The molecule has 7 nitrogen and oxygen atoms in total. The Morgan fingerprint density at radius 1 is 1.32 bits per heavy atom. The molecular weight excluding hydrogens is 320 g/mol. The second-order valence-electron chi connectivity index (χ2n) is 7.41. The molecule has 1 aliphatic heterocycles. The summed E-state index contributed by atoms with van der Waals surface area (Å²) in [6, 6.07) is 1.89. The minimum absolute atomic E-state index is 0.0943. The first-order valence-electron chi connectivity index (χ1n) is 8.84. The fourth-order valence-corrected chi connectivity index (χ4v) is 3.49. The van der Waals surface area contributed by atoms with Crippen molar-refractivity contribution in [1.82, 2.24) is 15.0 Å². The van der Waals surface area contributed by atoms with Gasteiger partial charge in [0.05, 0.1) is 22.6 Å². The number of nitrogens with zero attached hydrogens (tertiary/aromatic N) is 3. The first-order valence-corrected chi connectivity index (χ1v) is 8.84. The second kappa shape index (κ2) is 5.82. The Balaban J connectivity index is 1.77. The molecule has 2 N–H and O–H groups in total. The van der Waals surface area contributed by atoms with E-state index in [0.717, 1.165) is 24.2 Å². The SMILES string of the molecule is CC(C)c1noc2nc(C3CC3)cc(C(=O)N3CC[C@H](C(N)=O)C3)c12. The van der Waals surface area contributed by atoms with Crippen molar-refractivity contribution < 1.29 is 14.1 Å². The molecule has 0 radical (unpaired) electrons. The third kappa shape index (κ3) is 2.77. The molecule has 2 fully saturated rings. The highest BCUT2D eigenvalue weighted by Crippen LogP contribution is 2.41. The third-order valence-electron chi connectivity index (χ3n) is 5.14. The zero-order valence-corrected chi connectivity index (χ0v) is 14.5. The van der Waals surface area contributed by atoms with Gasteiger partial charge in [0, 0.05) is 24.7 Å². The summed E-state index contributed by atoms with van der Waals surface area (Å²) in [6.45, 7) is 4.94. The van der Waals surface area contributed by atoms with E-state index in [0.29, 0.717) is 42.1 Å². The van der Waals surface area contributed by atoms with E-state index in [1.807, 2.05) is 19.9 Å². The Morgan fingerprint density at radius 3 is 2.68 bits per heavy atom. The number of nitrogens with two attached hydrogens (primary N) is 1. The molecule has 2 aromatic heterocycles. The van der Waals surface area contributed by atoms with Crippen molar-refractivity contribution >= 4 is 22.9 Å². The molecule has 2 amide bonds. The molecule has 132 valence electrons. The van der Waals surface area contributed by atoms with Crippen molar-refractivity contribution in [2.45, 2.75) is 44.9 Å². The van der Waals surface area contributed by atoms with E-state index in [-0.39, 0.29) is 23.7 Å². The van der Waals surface area contributed by atoms with Crippen LogP contribution in [0.2, 0.25) is 0 Å². The number of primary amides is 1. The standard InChI is InChI=1S/C18H22N4O3/c1-9(2)15-14-12(18(24)22-6-5-11(8-22)16(19)23)7-13(10-3-4-10)20-17(14)25-21-15/h7,9-11H,3-6,8H2,1-2H3,(H2,19,23)/t11-/m0/s1. The van der Waals surface area contributed by atoms with Gasteiger partial charge in [0.15, 0.2) is 0 Å². The van der Waals surface area contributed by atoms with Crippen LogP contribution in [0, 0.1) is 5.92 Å². The van der Waals surface area contributed by atoms with E-state index in [4.69, 9.17) is 10.3 Å². The summed E-state index contributed by atoms with van der Waals surface area (Å²) in [7, 11) is 0. The van der Waals surface area contributed by atoms with Crippen LogP contribution in [0.3, 0.4) is 0 Å². The van der Waals surface area contributed by atoms with E-state index in [1.54, 1.807) is 4.90 Å². The number of fused-ring (bicyclic) bond motifs is 1. The molecule has 1 aliphatic carbocycles. The molecule has 7 heteroatoms. The van der Waals surface area contributed by atoms with Gasteiger partial charge in [-0.05, 0) is 31.2 Å². The van der Waals surface area contributed by atoms with E-state index in [2.05, 4.69) is 10.1 Å². The summed E-state index contributed by atoms with van der Waals surface area (Å²) in [5.74, 6) is -0.181. The van der Waals surface area contributed by atoms with Crippen molar-refractivity contribution in [2.75, 3.05) is 13.1 Å². The van der Waals surface area contributed by atoms with Gasteiger partial charge >= 0.3 is 0 Å². The zero-order chi connectivity index (χ0) is 17.7. The Labute approximate surface area is 145 Å². The van der Waals surface area contributed by atoms with Gasteiger partial charge in [-0.3, -0.25) is 9.59 Å². The number of pyridine rings is 1. The van der Waals surface area contributed by atoms with Crippen LogP contribution in [0.15, 0.2) is 10.6 Å². The van der Waals surface area contributed by atoms with Gasteiger partial charge in [-0.1, -0.05) is 19.0 Å². The predicted molar refractivity (Wildman–Crippen MR) is 91.1 cm³/mol. The summed E-state index contributed by atoms with van der Waals surface area (Å²) < 4.78 is 5.44. The normalized spacial score (nSPS) is 20.6. The molecule has 0 bridgehead atoms. The number of hydrogen-bond donors (Lipinski definition) is 1. The van der Waals surface area contributed by atoms with E-state index in [1.165, 1.54) is 0 Å². The van der Waals surface area contributed by atoms with Gasteiger partial charge in [-0.2, -0.15) is 0 Å². The largest absolute Gasteiger partial charge is 0.369 e. The lowest BCUT2D eigenvalue weighted by molar-refractivity contribution is -0.121. The highest BCUT2D eigenvalue weighted by Gasteiger charge is 2.34. The maximum atomic E-state index is 13.2. The average molecular weight is 342 g/mol. The molecule has 0 unspecified atom stereocenters. The molecule has 1 saturated carbocycles. The molecule has 1 saturated heterocycles. The van der Waals surface area contributed by atoms with Crippen LogP contribution in [0.5, 0.6) is 0 Å². The predicted octanol–water partition coefficient (Wildman–Crippen LogP) is 2.17. The fraction of sp³-hybridized carbons (Fsp3) is 0.556. The number of aromatic nitrogens is 2. The number of likely N-dealkylation sites (tertiary alicyclic amines) is 1. The van der Waals surface area contributed by atoms with Crippen LogP contribution in [0.25, 0.3) is 11.1 Å². The van der Waals surface area contributed by atoms with Crippen molar-refractivity contribution in [3.63, 3.8) is 0 Å². The Kier molecular flexibility index (Phi) is 3.74. The number of rotatable bonds is 4. The monoisotopic (exact) mass is 342 g/mol. The minimum Gasteiger partial charge on any atom is -0.369 e. The van der Waals surface area contributed by atoms with Crippen LogP contribution < -0.4 is 5.73 Å². The van der Waals surface area contributed by atoms with Crippen molar-refractivity contribution in [3.05, 3.63) is 23.0 Å². The van der Waals surface area contributed by atoms with Gasteiger partial charge in [0.1, 0.15) is 0 Å². The van der Waals surface area contributed by atoms with Crippen LogP contribution in [0.4, 0.5) is 0 Å².